The maximum Gasteiger partial charge on any atom is 0.147 e. The lowest BCUT2D eigenvalue weighted by atomic mass is 9.87. The smallest absolute Gasteiger partial charge is 0.147 e. The van der Waals surface area contributed by atoms with Gasteiger partial charge in [-0.3, -0.25) is 0 Å². The molecule has 0 bridgehead atoms. The standard InChI is InChI=1S/C23H28N2O/c1-18-8-7-11-20(16-18)26-17-23-24-21-12-5-6-13-22(21)25(23)15-14-19-9-3-2-4-10-19/h5-8,11-13,16,19H,2-4,9-10,14-15,17H2,1H3. The van der Waals surface area contributed by atoms with Gasteiger partial charge in [0.05, 0.1) is 11.0 Å². The Labute approximate surface area is 156 Å². The second-order valence-corrected chi connectivity index (χ2v) is 7.57. The number of imidazole rings is 1. The molecule has 1 aliphatic rings. The Morgan fingerprint density at radius 2 is 1.88 bits per heavy atom. The SMILES string of the molecule is Cc1cccc(OCc2nc3ccccc3n2CCC2CCCCC2)c1. The molecule has 4 rings (SSSR count). The second-order valence-electron chi connectivity index (χ2n) is 7.57. The molecule has 136 valence electrons. The van der Waals surface area contributed by atoms with E-state index in [4.69, 9.17) is 9.72 Å². The van der Waals surface area contributed by atoms with Gasteiger partial charge in [-0.2, -0.15) is 0 Å². The highest BCUT2D eigenvalue weighted by molar-refractivity contribution is 5.75. The van der Waals surface area contributed by atoms with Crippen molar-refractivity contribution in [2.45, 2.75) is 58.6 Å². The third-order valence-electron chi connectivity index (χ3n) is 5.58. The molecule has 0 unspecified atom stereocenters. The molecule has 3 heteroatoms. The van der Waals surface area contributed by atoms with Gasteiger partial charge in [-0.15, -0.1) is 0 Å². The molecular formula is C23H28N2O. The third kappa shape index (κ3) is 3.92. The van der Waals surface area contributed by atoms with E-state index in [0.29, 0.717) is 6.61 Å². The Hall–Kier alpha value is -2.29. The maximum absolute atomic E-state index is 6.05. The molecule has 0 saturated heterocycles. The van der Waals surface area contributed by atoms with Gasteiger partial charge in [-0.1, -0.05) is 56.4 Å². The van der Waals surface area contributed by atoms with E-state index >= 15 is 0 Å². The van der Waals surface area contributed by atoms with Crippen molar-refractivity contribution in [1.82, 2.24) is 9.55 Å². The zero-order chi connectivity index (χ0) is 17.8. The molecule has 0 aliphatic heterocycles. The summed E-state index contributed by atoms with van der Waals surface area (Å²) in [4.78, 5) is 4.85. The van der Waals surface area contributed by atoms with E-state index in [1.807, 2.05) is 12.1 Å². The van der Waals surface area contributed by atoms with E-state index in [2.05, 4.69) is 47.9 Å². The molecular weight excluding hydrogens is 320 g/mol. The van der Waals surface area contributed by atoms with Crippen molar-refractivity contribution in [3.63, 3.8) is 0 Å². The van der Waals surface area contributed by atoms with Crippen LogP contribution in [0.4, 0.5) is 0 Å². The fourth-order valence-electron chi connectivity index (χ4n) is 4.13. The first-order valence-corrected chi connectivity index (χ1v) is 9.93. The Bertz CT molecular complexity index is 862. The normalized spacial score (nSPS) is 15.4. The Balaban J connectivity index is 1.52. The molecule has 0 amide bonds. The minimum absolute atomic E-state index is 0.517. The van der Waals surface area contributed by atoms with Crippen molar-refractivity contribution < 1.29 is 4.74 Å². The highest BCUT2D eigenvalue weighted by atomic mass is 16.5. The number of hydrogen-bond acceptors (Lipinski definition) is 2. The third-order valence-corrected chi connectivity index (χ3v) is 5.58. The number of hydrogen-bond donors (Lipinski definition) is 0. The molecule has 0 spiro atoms. The van der Waals surface area contributed by atoms with Crippen LogP contribution in [0.2, 0.25) is 0 Å². The number of nitrogens with zero attached hydrogens (tertiary/aromatic N) is 2. The number of fused-ring (bicyclic) bond motifs is 1. The summed E-state index contributed by atoms with van der Waals surface area (Å²) in [6.45, 7) is 3.65. The zero-order valence-corrected chi connectivity index (χ0v) is 15.7. The molecule has 3 aromatic rings. The minimum Gasteiger partial charge on any atom is -0.486 e. The highest BCUT2D eigenvalue weighted by Gasteiger charge is 2.16. The summed E-state index contributed by atoms with van der Waals surface area (Å²) in [5.41, 5.74) is 3.51. The predicted octanol–water partition coefficient (Wildman–Crippen LogP) is 5.89. The Morgan fingerprint density at radius 3 is 2.73 bits per heavy atom. The van der Waals surface area contributed by atoms with Crippen LogP contribution in [0.25, 0.3) is 11.0 Å². The van der Waals surface area contributed by atoms with Crippen molar-refractivity contribution in [3.8, 4) is 5.75 Å². The number of aryl methyl sites for hydroxylation is 2. The van der Waals surface area contributed by atoms with Gasteiger partial charge in [0.2, 0.25) is 0 Å². The molecule has 1 aromatic heterocycles. The molecule has 0 N–H and O–H groups in total. The topological polar surface area (TPSA) is 27.1 Å². The van der Waals surface area contributed by atoms with Crippen LogP contribution in [0.15, 0.2) is 48.5 Å². The quantitative estimate of drug-likeness (QED) is 0.555. The molecule has 1 saturated carbocycles. The van der Waals surface area contributed by atoms with E-state index in [9.17, 15) is 0 Å². The fraction of sp³-hybridized carbons (Fsp3) is 0.435. The van der Waals surface area contributed by atoms with Crippen LogP contribution >= 0.6 is 0 Å². The van der Waals surface area contributed by atoms with Crippen LogP contribution in [-0.2, 0) is 13.2 Å². The summed E-state index contributed by atoms with van der Waals surface area (Å²) in [6.07, 6.45) is 8.25. The van der Waals surface area contributed by atoms with Crippen LogP contribution in [0, 0.1) is 12.8 Å². The lowest BCUT2D eigenvalue weighted by Crippen LogP contribution is -2.13. The number of para-hydroxylation sites is 2. The van der Waals surface area contributed by atoms with Crippen LogP contribution in [0.3, 0.4) is 0 Å². The van der Waals surface area contributed by atoms with Crippen LogP contribution in [0.5, 0.6) is 5.75 Å². The van der Waals surface area contributed by atoms with E-state index in [1.165, 1.54) is 49.6 Å². The molecule has 1 aliphatic carbocycles. The summed E-state index contributed by atoms with van der Waals surface area (Å²) < 4.78 is 8.43. The first-order valence-electron chi connectivity index (χ1n) is 9.93. The summed E-state index contributed by atoms with van der Waals surface area (Å²) in [6, 6.07) is 16.7. The minimum atomic E-state index is 0.517. The van der Waals surface area contributed by atoms with Gasteiger partial charge in [0.15, 0.2) is 0 Å². The van der Waals surface area contributed by atoms with Crippen molar-refractivity contribution in [2.75, 3.05) is 0 Å². The van der Waals surface area contributed by atoms with Gasteiger partial charge < -0.3 is 9.30 Å². The largest absolute Gasteiger partial charge is 0.486 e. The molecule has 1 fully saturated rings. The average molecular weight is 348 g/mol. The molecule has 0 atom stereocenters. The monoisotopic (exact) mass is 348 g/mol. The first kappa shape index (κ1) is 17.1. The Morgan fingerprint density at radius 1 is 1.04 bits per heavy atom. The lowest BCUT2D eigenvalue weighted by Gasteiger charge is -2.22. The van der Waals surface area contributed by atoms with Crippen molar-refractivity contribution in [3.05, 3.63) is 59.9 Å². The van der Waals surface area contributed by atoms with Gasteiger partial charge in [0, 0.05) is 6.54 Å². The summed E-state index contributed by atoms with van der Waals surface area (Å²) >= 11 is 0. The Kier molecular flexibility index (Phi) is 5.24. The second kappa shape index (κ2) is 7.94. The van der Waals surface area contributed by atoms with Gasteiger partial charge in [0.25, 0.3) is 0 Å². The van der Waals surface area contributed by atoms with Crippen molar-refractivity contribution >= 4 is 11.0 Å². The van der Waals surface area contributed by atoms with Crippen LogP contribution < -0.4 is 4.74 Å². The van der Waals surface area contributed by atoms with Gasteiger partial charge in [0.1, 0.15) is 18.2 Å². The summed E-state index contributed by atoms with van der Waals surface area (Å²) in [5.74, 6) is 2.81. The number of rotatable bonds is 6. The number of ether oxygens (including phenoxy) is 1. The molecule has 2 aromatic carbocycles. The molecule has 3 nitrogen and oxygen atoms in total. The first-order chi connectivity index (χ1) is 12.8. The van der Waals surface area contributed by atoms with E-state index in [1.54, 1.807) is 0 Å². The zero-order valence-electron chi connectivity index (χ0n) is 15.7. The average Bonchev–Trinajstić information content (AvgIpc) is 3.03. The van der Waals surface area contributed by atoms with Gasteiger partial charge in [-0.05, 0) is 49.1 Å². The predicted molar refractivity (Wildman–Crippen MR) is 106 cm³/mol. The van der Waals surface area contributed by atoms with Crippen molar-refractivity contribution in [2.24, 2.45) is 5.92 Å². The number of benzene rings is 2. The van der Waals surface area contributed by atoms with E-state index in [0.717, 1.165) is 29.6 Å². The maximum atomic E-state index is 6.05. The summed E-state index contributed by atoms with van der Waals surface area (Å²) in [7, 11) is 0. The van der Waals surface area contributed by atoms with Crippen molar-refractivity contribution in [1.29, 1.82) is 0 Å². The van der Waals surface area contributed by atoms with Crippen LogP contribution in [0.1, 0.15) is 49.9 Å². The van der Waals surface area contributed by atoms with Gasteiger partial charge >= 0.3 is 0 Å². The molecule has 1 heterocycles. The van der Waals surface area contributed by atoms with E-state index in [-0.39, 0.29) is 0 Å². The molecule has 26 heavy (non-hydrogen) atoms. The molecule has 0 radical (unpaired) electrons. The highest BCUT2D eigenvalue weighted by Crippen LogP contribution is 2.28. The number of aromatic nitrogens is 2. The van der Waals surface area contributed by atoms with E-state index < -0.39 is 0 Å². The summed E-state index contributed by atoms with van der Waals surface area (Å²) in [5, 5.41) is 0. The lowest BCUT2D eigenvalue weighted by molar-refractivity contribution is 0.282. The van der Waals surface area contributed by atoms with Crippen LogP contribution in [-0.4, -0.2) is 9.55 Å². The van der Waals surface area contributed by atoms with Gasteiger partial charge in [-0.25, -0.2) is 4.98 Å². The fourth-order valence-corrected chi connectivity index (χ4v) is 4.13.